The highest BCUT2D eigenvalue weighted by Crippen LogP contribution is 2.27. The summed E-state index contributed by atoms with van der Waals surface area (Å²) in [6.07, 6.45) is 4.79. The number of hydrogen-bond acceptors (Lipinski definition) is 2. The summed E-state index contributed by atoms with van der Waals surface area (Å²) in [5.41, 5.74) is 0. The minimum absolute atomic E-state index is 0.353. The van der Waals surface area contributed by atoms with Gasteiger partial charge in [0.25, 0.3) is 0 Å². The van der Waals surface area contributed by atoms with Crippen LogP contribution in [0.25, 0.3) is 0 Å². The highest BCUT2D eigenvalue weighted by molar-refractivity contribution is 5.64. The molecule has 1 aliphatic heterocycles. The first-order valence-electron chi connectivity index (χ1n) is 5.65. The molecule has 1 atom stereocenters. The minimum Gasteiger partial charge on any atom is -0.465 e. The van der Waals surface area contributed by atoms with Gasteiger partial charge < -0.3 is 10.0 Å². The summed E-state index contributed by atoms with van der Waals surface area (Å²) < 4.78 is 1.96. The van der Waals surface area contributed by atoms with Gasteiger partial charge in [-0.05, 0) is 31.7 Å². The summed E-state index contributed by atoms with van der Waals surface area (Å²) in [6, 6.07) is 2.27. The molecule has 1 fully saturated rings. The van der Waals surface area contributed by atoms with Crippen LogP contribution in [-0.4, -0.2) is 39.0 Å². The fraction of sp³-hybridized carbons (Fsp3) is 0.636. The molecule has 88 valence electrons. The van der Waals surface area contributed by atoms with Crippen molar-refractivity contribution in [2.75, 3.05) is 13.1 Å². The van der Waals surface area contributed by atoms with E-state index in [9.17, 15) is 4.79 Å². The molecule has 2 heterocycles. The molecule has 1 aromatic rings. The average Bonchev–Trinajstić information content (AvgIpc) is 2.81. The maximum Gasteiger partial charge on any atom is 0.407 e. The van der Waals surface area contributed by atoms with Gasteiger partial charge in [-0.1, -0.05) is 0 Å². The second kappa shape index (κ2) is 4.55. The van der Waals surface area contributed by atoms with Crippen molar-refractivity contribution in [2.24, 2.45) is 5.92 Å². The lowest BCUT2D eigenvalue weighted by Crippen LogP contribution is -2.39. The van der Waals surface area contributed by atoms with E-state index in [0.717, 1.165) is 12.8 Å². The van der Waals surface area contributed by atoms with Crippen LogP contribution >= 0.6 is 0 Å². The molecular formula is C11H17N3O2. The van der Waals surface area contributed by atoms with Gasteiger partial charge in [0.05, 0.1) is 6.04 Å². The summed E-state index contributed by atoms with van der Waals surface area (Å²) in [6.45, 7) is 3.44. The Morgan fingerprint density at radius 2 is 2.19 bits per heavy atom. The van der Waals surface area contributed by atoms with Crippen molar-refractivity contribution in [3.63, 3.8) is 0 Å². The van der Waals surface area contributed by atoms with Crippen molar-refractivity contribution in [1.82, 2.24) is 14.7 Å². The SMILES string of the molecule is CC(C1CCN(C(=O)O)CC1)n1cccn1. The van der Waals surface area contributed by atoms with Crippen LogP contribution in [0.15, 0.2) is 18.5 Å². The highest BCUT2D eigenvalue weighted by Gasteiger charge is 2.26. The van der Waals surface area contributed by atoms with Crippen LogP contribution in [0.3, 0.4) is 0 Å². The van der Waals surface area contributed by atoms with Crippen LogP contribution in [0.5, 0.6) is 0 Å². The molecule has 1 saturated heterocycles. The largest absolute Gasteiger partial charge is 0.465 e. The van der Waals surface area contributed by atoms with Crippen LogP contribution in [0.1, 0.15) is 25.8 Å². The summed E-state index contributed by atoms with van der Waals surface area (Å²) >= 11 is 0. The smallest absolute Gasteiger partial charge is 0.407 e. The molecule has 0 bridgehead atoms. The van der Waals surface area contributed by atoms with Gasteiger partial charge in [0, 0.05) is 25.5 Å². The van der Waals surface area contributed by atoms with E-state index in [1.54, 1.807) is 6.20 Å². The van der Waals surface area contributed by atoms with Gasteiger partial charge in [-0.25, -0.2) is 4.79 Å². The minimum atomic E-state index is -0.801. The van der Waals surface area contributed by atoms with Crippen LogP contribution < -0.4 is 0 Å². The fourth-order valence-electron chi connectivity index (χ4n) is 2.31. The zero-order valence-electron chi connectivity index (χ0n) is 9.41. The molecular weight excluding hydrogens is 206 g/mol. The molecule has 5 nitrogen and oxygen atoms in total. The van der Waals surface area contributed by atoms with E-state index in [0.29, 0.717) is 25.0 Å². The Labute approximate surface area is 94.7 Å². The van der Waals surface area contributed by atoms with Gasteiger partial charge in [-0.3, -0.25) is 4.68 Å². The molecule has 0 spiro atoms. The van der Waals surface area contributed by atoms with Crippen molar-refractivity contribution >= 4 is 6.09 Å². The van der Waals surface area contributed by atoms with E-state index in [4.69, 9.17) is 5.11 Å². The van der Waals surface area contributed by atoms with Gasteiger partial charge in [0.1, 0.15) is 0 Å². The van der Waals surface area contributed by atoms with Gasteiger partial charge in [0.2, 0.25) is 0 Å². The Kier molecular flexibility index (Phi) is 3.12. The van der Waals surface area contributed by atoms with E-state index in [1.165, 1.54) is 4.90 Å². The Hall–Kier alpha value is -1.52. The summed E-state index contributed by atoms with van der Waals surface area (Å²) in [4.78, 5) is 12.3. The number of aromatic nitrogens is 2. The fourth-order valence-corrected chi connectivity index (χ4v) is 2.31. The number of hydrogen-bond donors (Lipinski definition) is 1. The number of nitrogens with zero attached hydrogens (tertiary/aromatic N) is 3. The second-order valence-electron chi connectivity index (χ2n) is 4.33. The molecule has 1 N–H and O–H groups in total. The summed E-state index contributed by atoms with van der Waals surface area (Å²) in [5, 5.41) is 13.1. The van der Waals surface area contributed by atoms with E-state index in [1.807, 2.05) is 16.9 Å². The van der Waals surface area contributed by atoms with Crippen molar-refractivity contribution in [1.29, 1.82) is 0 Å². The zero-order chi connectivity index (χ0) is 11.5. The molecule has 0 saturated carbocycles. The zero-order valence-corrected chi connectivity index (χ0v) is 9.41. The number of amides is 1. The van der Waals surface area contributed by atoms with Crippen molar-refractivity contribution in [3.05, 3.63) is 18.5 Å². The predicted octanol–water partition coefficient (Wildman–Crippen LogP) is 1.83. The highest BCUT2D eigenvalue weighted by atomic mass is 16.4. The van der Waals surface area contributed by atoms with Crippen molar-refractivity contribution in [3.8, 4) is 0 Å². The van der Waals surface area contributed by atoms with Crippen molar-refractivity contribution < 1.29 is 9.90 Å². The molecule has 0 aliphatic carbocycles. The molecule has 1 aromatic heterocycles. The van der Waals surface area contributed by atoms with E-state index >= 15 is 0 Å². The number of piperidine rings is 1. The summed E-state index contributed by atoms with van der Waals surface area (Å²) in [5.74, 6) is 0.524. The maximum absolute atomic E-state index is 10.8. The first kappa shape index (κ1) is 11.0. The first-order valence-corrected chi connectivity index (χ1v) is 5.65. The van der Waals surface area contributed by atoms with Gasteiger partial charge in [-0.2, -0.15) is 5.10 Å². The van der Waals surface area contributed by atoms with Gasteiger partial charge in [-0.15, -0.1) is 0 Å². The van der Waals surface area contributed by atoms with E-state index < -0.39 is 6.09 Å². The Morgan fingerprint density at radius 3 is 2.69 bits per heavy atom. The van der Waals surface area contributed by atoms with Crippen molar-refractivity contribution in [2.45, 2.75) is 25.8 Å². The van der Waals surface area contributed by atoms with Gasteiger partial charge >= 0.3 is 6.09 Å². The number of likely N-dealkylation sites (tertiary alicyclic amines) is 1. The van der Waals surface area contributed by atoms with Crippen LogP contribution in [-0.2, 0) is 0 Å². The van der Waals surface area contributed by atoms with Crippen LogP contribution in [0.2, 0.25) is 0 Å². The number of carboxylic acid groups (broad SMARTS) is 1. The molecule has 1 amide bonds. The standard InChI is InChI=1S/C11H17N3O2/c1-9(14-6-2-5-12-14)10-3-7-13(8-4-10)11(15)16/h2,5-6,9-10H,3-4,7-8H2,1H3,(H,15,16). The normalized spacial score (nSPS) is 19.7. The Bertz CT molecular complexity index is 342. The first-order chi connectivity index (χ1) is 7.68. The van der Waals surface area contributed by atoms with Gasteiger partial charge in [0.15, 0.2) is 0 Å². The molecule has 5 heteroatoms. The second-order valence-corrected chi connectivity index (χ2v) is 4.33. The van der Waals surface area contributed by atoms with E-state index in [-0.39, 0.29) is 0 Å². The predicted molar refractivity (Wildman–Crippen MR) is 59.3 cm³/mol. The third-order valence-corrected chi connectivity index (χ3v) is 3.43. The molecule has 1 aliphatic rings. The molecule has 1 unspecified atom stereocenters. The van der Waals surface area contributed by atoms with Crippen LogP contribution in [0, 0.1) is 5.92 Å². The lowest BCUT2D eigenvalue weighted by molar-refractivity contribution is 0.114. The molecule has 2 rings (SSSR count). The quantitative estimate of drug-likeness (QED) is 0.832. The third-order valence-electron chi connectivity index (χ3n) is 3.43. The molecule has 16 heavy (non-hydrogen) atoms. The average molecular weight is 223 g/mol. The lowest BCUT2D eigenvalue weighted by Gasteiger charge is -2.33. The third kappa shape index (κ3) is 2.18. The molecule has 0 aromatic carbocycles. The maximum atomic E-state index is 10.8. The lowest BCUT2D eigenvalue weighted by atomic mass is 9.90. The monoisotopic (exact) mass is 223 g/mol. The molecule has 0 radical (unpaired) electrons. The number of carbonyl (C=O) groups is 1. The van der Waals surface area contributed by atoms with E-state index in [2.05, 4.69) is 12.0 Å². The number of rotatable bonds is 2. The topological polar surface area (TPSA) is 58.4 Å². The Balaban J connectivity index is 1.92. The Morgan fingerprint density at radius 1 is 1.50 bits per heavy atom. The summed E-state index contributed by atoms with van der Waals surface area (Å²) in [7, 11) is 0. The van der Waals surface area contributed by atoms with Crippen LogP contribution in [0.4, 0.5) is 4.79 Å².